The summed E-state index contributed by atoms with van der Waals surface area (Å²) in [4.78, 5) is 0. The zero-order valence-corrected chi connectivity index (χ0v) is 15.5. The molecule has 0 aromatic heterocycles. The monoisotopic (exact) mass is 284 g/mol. The van der Waals surface area contributed by atoms with Crippen LogP contribution in [0.4, 0.5) is 0 Å². The zero-order valence-electron chi connectivity index (χ0n) is 14.5. The molecular weight excluding hydrogens is 248 g/mol. The van der Waals surface area contributed by atoms with Gasteiger partial charge in [-0.3, -0.25) is 0 Å². The molecule has 2 unspecified atom stereocenters. The van der Waals surface area contributed by atoms with Crippen molar-refractivity contribution in [2.75, 3.05) is 6.61 Å². The third-order valence-corrected chi connectivity index (χ3v) is 11.7. The maximum atomic E-state index is 6.73. The molecule has 1 rings (SSSR count). The molecule has 114 valence electrons. The Hall–Kier alpha value is 0.177. The normalized spacial score (nSPS) is 28.9. The largest absolute Gasteiger partial charge is 0.416 e. The van der Waals surface area contributed by atoms with Gasteiger partial charge in [0.2, 0.25) is 0 Å². The highest BCUT2D eigenvalue weighted by Gasteiger charge is 2.45. The van der Waals surface area contributed by atoms with E-state index in [1.54, 1.807) is 0 Å². The SMILES string of the molecule is CC1CC(CO[Si](C(C)C)(C(C)C)C(C)C)CC1C. The van der Waals surface area contributed by atoms with Crippen molar-refractivity contribution in [3.8, 4) is 0 Å². The van der Waals surface area contributed by atoms with Gasteiger partial charge in [-0.2, -0.15) is 0 Å². The number of rotatable bonds is 6. The predicted octanol–water partition coefficient (Wildman–Crippen LogP) is 5.86. The van der Waals surface area contributed by atoms with Crippen molar-refractivity contribution in [3.05, 3.63) is 0 Å². The van der Waals surface area contributed by atoms with Gasteiger partial charge in [0.25, 0.3) is 0 Å². The quantitative estimate of drug-likeness (QED) is 0.555. The van der Waals surface area contributed by atoms with Gasteiger partial charge in [0.15, 0.2) is 8.32 Å². The van der Waals surface area contributed by atoms with Crippen molar-refractivity contribution < 1.29 is 4.43 Å². The molecule has 0 aliphatic heterocycles. The molecule has 1 saturated carbocycles. The zero-order chi connectivity index (χ0) is 14.8. The lowest BCUT2D eigenvalue weighted by atomic mass is 10.0. The van der Waals surface area contributed by atoms with E-state index < -0.39 is 8.32 Å². The third kappa shape index (κ3) is 3.63. The highest BCUT2D eigenvalue weighted by molar-refractivity contribution is 6.77. The van der Waals surface area contributed by atoms with Crippen molar-refractivity contribution in [1.29, 1.82) is 0 Å². The van der Waals surface area contributed by atoms with Gasteiger partial charge in [0.05, 0.1) is 0 Å². The van der Waals surface area contributed by atoms with Gasteiger partial charge >= 0.3 is 0 Å². The molecular formula is C17H36OSi. The van der Waals surface area contributed by atoms with Crippen LogP contribution in [-0.2, 0) is 4.43 Å². The third-order valence-electron chi connectivity index (χ3n) is 5.66. The van der Waals surface area contributed by atoms with Crippen molar-refractivity contribution in [3.63, 3.8) is 0 Å². The molecule has 0 spiro atoms. The van der Waals surface area contributed by atoms with E-state index in [0.717, 1.165) is 24.4 Å². The van der Waals surface area contributed by atoms with Crippen LogP contribution in [0.15, 0.2) is 0 Å². The first-order chi connectivity index (χ1) is 8.71. The van der Waals surface area contributed by atoms with Crippen molar-refractivity contribution in [1.82, 2.24) is 0 Å². The second-order valence-electron chi connectivity index (χ2n) is 7.92. The van der Waals surface area contributed by atoms with Gasteiger partial charge in [-0.05, 0) is 47.2 Å². The molecule has 0 saturated heterocycles. The summed E-state index contributed by atoms with van der Waals surface area (Å²) in [7, 11) is -1.64. The van der Waals surface area contributed by atoms with Gasteiger partial charge in [0, 0.05) is 6.61 Å². The Bertz CT molecular complexity index is 241. The first-order valence-corrected chi connectivity index (χ1v) is 10.5. The molecule has 2 atom stereocenters. The highest BCUT2D eigenvalue weighted by Crippen LogP contribution is 2.44. The van der Waals surface area contributed by atoms with E-state index in [2.05, 4.69) is 55.4 Å². The van der Waals surface area contributed by atoms with E-state index in [1.807, 2.05) is 0 Å². The maximum absolute atomic E-state index is 6.73. The fourth-order valence-electron chi connectivity index (χ4n) is 4.51. The molecule has 0 N–H and O–H groups in total. The topological polar surface area (TPSA) is 9.23 Å². The Labute approximate surface area is 122 Å². The standard InChI is InChI=1S/C17H36OSi/c1-12(2)19(13(3)4,14(5)6)18-11-17-9-15(7)16(8)10-17/h12-17H,9-11H2,1-8H3. The summed E-state index contributed by atoms with van der Waals surface area (Å²) in [5.74, 6) is 2.59. The molecule has 2 heteroatoms. The fourth-order valence-corrected chi connectivity index (χ4v) is 10.0. The summed E-state index contributed by atoms with van der Waals surface area (Å²) in [5, 5.41) is 0. The van der Waals surface area contributed by atoms with Gasteiger partial charge in [-0.15, -0.1) is 0 Å². The van der Waals surface area contributed by atoms with Gasteiger partial charge in [0.1, 0.15) is 0 Å². The summed E-state index contributed by atoms with van der Waals surface area (Å²) in [6.07, 6.45) is 2.75. The van der Waals surface area contributed by atoms with Crippen molar-refractivity contribution >= 4 is 8.32 Å². The summed E-state index contributed by atoms with van der Waals surface area (Å²) >= 11 is 0. The number of hydrogen-bond acceptors (Lipinski definition) is 1. The predicted molar refractivity (Wildman–Crippen MR) is 88.1 cm³/mol. The smallest absolute Gasteiger partial charge is 0.200 e. The van der Waals surface area contributed by atoms with Crippen LogP contribution >= 0.6 is 0 Å². The van der Waals surface area contributed by atoms with Crippen molar-refractivity contribution in [2.45, 2.75) is 84.9 Å². The average molecular weight is 285 g/mol. The van der Waals surface area contributed by atoms with Crippen LogP contribution in [0.5, 0.6) is 0 Å². The molecule has 0 aromatic rings. The molecule has 1 nitrogen and oxygen atoms in total. The Morgan fingerprint density at radius 1 is 0.842 bits per heavy atom. The van der Waals surface area contributed by atoms with Crippen LogP contribution in [0.3, 0.4) is 0 Å². The molecule has 0 aromatic carbocycles. The van der Waals surface area contributed by atoms with Crippen LogP contribution in [0, 0.1) is 17.8 Å². The molecule has 1 aliphatic carbocycles. The van der Waals surface area contributed by atoms with E-state index in [1.165, 1.54) is 12.8 Å². The van der Waals surface area contributed by atoms with E-state index in [9.17, 15) is 0 Å². The lowest BCUT2D eigenvalue weighted by Gasteiger charge is -2.42. The first kappa shape index (κ1) is 17.2. The summed E-state index contributed by atoms with van der Waals surface area (Å²) in [6.45, 7) is 20.1. The minimum Gasteiger partial charge on any atom is -0.416 e. The second-order valence-corrected chi connectivity index (χ2v) is 13.4. The molecule has 1 aliphatic rings. The summed E-state index contributed by atoms with van der Waals surface area (Å²) < 4.78 is 6.73. The lowest BCUT2D eigenvalue weighted by Crippen LogP contribution is -2.48. The van der Waals surface area contributed by atoms with Crippen LogP contribution in [-0.4, -0.2) is 14.9 Å². The Morgan fingerprint density at radius 2 is 1.21 bits per heavy atom. The molecule has 1 fully saturated rings. The van der Waals surface area contributed by atoms with Gasteiger partial charge in [-0.1, -0.05) is 55.4 Å². The molecule has 19 heavy (non-hydrogen) atoms. The van der Waals surface area contributed by atoms with E-state index in [4.69, 9.17) is 4.43 Å². The lowest BCUT2D eigenvalue weighted by molar-refractivity contribution is 0.219. The van der Waals surface area contributed by atoms with Crippen LogP contribution < -0.4 is 0 Å². The van der Waals surface area contributed by atoms with Crippen LogP contribution in [0.25, 0.3) is 0 Å². The van der Waals surface area contributed by atoms with Crippen molar-refractivity contribution in [2.24, 2.45) is 17.8 Å². The Balaban J connectivity index is 2.69. The van der Waals surface area contributed by atoms with E-state index in [-0.39, 0.29) is 0 Å². The van der Waals surface area contributed by atoms with Gasteiger partial charge in [-0.25, -0.2) is 0 Å². The fraction of sp³-hybridized carbons (Fsp3) is 1.00. The van der Waals surface area contributed by atoms with Gasteiger partial charge < -0.3 is 4.43 Å². The molecule has 0 bridgehead atoms. The maximum Gasteiger partial charge on any atom is 0.200 e. The second kappa shape index (κ2) is 6.75. The van der Waals surface area contributed by atoms with E-state index >= 15 is 0 Å². The number of hydrogen-bond donors (Lipinski definition) is 0. The molecule has 0 radical (unpaired) electrons. The Morgan fingerprint density at radius 3 is 1.53 bits per heavy atom. The summed E-state index contributed by atoms with van der Waals surface area (Å²) in [6, 6.07) is 0. The average Bonchev–Trinajstić information content (AvgIpc) is 2.57. The highest BCUT2D eigenvalue weighted by atomic mass is 28.4. The van der Waals surface area contributed by atoms with E-state index in [0.29, 0.717) is 16.6 Å². The minimum absolute atomic E-state index is 0.712. The Kier molecular flexibility index (Phi) is 6.13. The molecule has 0 amide bonds. The molecule has 0 heterocycles. The van der Waals surface area contributed by atoms with Crippen LogP contribution in [0.2, 0.25) is 16.6 Å². The minimum atomic E-state index is -1.64. The van der Waals surface area contributed by atoms with Crippen LogP contribution in [0.1, 0.15) is 68.2 Å². The first-order valence-electron chi connectivity index (χ1n) is 8.35. The summed E-state index contributed by atoms with van der Waals surface area (Å²) in [5.41, 5.74) is 2.14.